The van der Waals surface area contributed by atoms with Gasteiger partial charge in [0.15, 0.2) is 17.7 Å². The fraction of sp³-hybridized carbons (Fsp3) is 0.571. The number of aliphatic hydroxyl groups excluding tert-OH is 2. The fourth-order valence-corrected chi connectivity index (χ4v) is 3.78. The van der Waals surface area contributed by atoms with Crippen molar-refractivity contribution in [2.24, 2.45) is 5.73 Å². The number of hydrogen-bond acceptors (Lipinski definition) is 10. The van der Waals surface area contributed by atoms with Crippen molar-refractivity contribution in [1.82, 2.24) is 19.5 Å². The van der Waals surface area contributed by atoms with Crippen LogP contribution in [0.5, 0.6) is 0 Å². The summed E-state index contributed by atoms with van der Waals surface area (Å²) in [5, 5.41) is 29.3. The first-order valence-electron chi connectivity index (χ1n) is 7.91. The molecule has 2 aromatic heterocycles. The van der Waals surface area contributed by atoms with Crippen molar-refractivity contribution in [2.75, 3.05) is 17.2 Å². The van der Waals surface area contributed by atoms with E-state index in [1.54, 1.807) is 0 Å². The molecule has 3 rings (SSSR count). The Morgan fingerprint density at radius 3 is 2.85 bits per heavy atom. The molecule has 2 aromatic rings. The Labute approximate surface area is 152 Å². The zero-order valence-corrected chi connectivity index (χ0v) is 14.5. The SMILES string of the molecule is Nc1ncnc2c1ncn2C1OC(CSCC[C@H](N)C(=O)O)C(O)[C@@H]1O. The maximum atomic E-state index is 10.7. The number of anilines is 1. The van der Waals surface area contributed by atoms with E-state index >= 15 is 0 Å². The summed E-state index contributed by atoms with van der Waals surface area (Å²) in [5.74, 6) is 0.0405. The molecule has 11 nitrogen and oxygen atoms in total. The zero-order valence-electron chi connectivity index (χ0n) is 13.7. The summed E-state index contributed by atoms with van der Waals surface area (Å²) < 4.78 is 7.29. The minimum absolute atomic E-state index is 0.212. The lowest BCUT2D eigenvalue weighted by molar-refractivity contribution is -0.138. The Morgan fingerprint density at radius 2 is 2.12 bits per heavy atom. The van der Waals surface area contributed by atoms with Crippen LogP contribution in [0.3, 0.4) is 0 Å². The number of aliphatic carboxylic acids is 1. The lowest BCUT2D eigenvalue weighted by Crippen LogP contribution is -2.33. The third-order valence-electron chi connectivity index (χ3n) is 4.17. The van der Waals surface area contributed by atoms with E-state index in [1.165, 1.54) is 29.0 Å². The predicted octanol–water partition coefficient (Wildman–Crippen LogP) is -1.44. The zero-order chi connectivity index (χ0) is 18.8. The summed E-state index contributed by atoms with van der Waals surface area (Å²) >= 11 is 1.40. The molecule has 3 unspecified atom stereocenters. The molecule has 7 N–H and O–H groups in total. The second-order valence-electron chi connectivity index (χ2n) is 5.94. The molecule has 0 amide bonds. The largest absolute Gasteiger partial charge is 0.480 e. The first kappa shape index (κ1) is 18.8. The summed E-state index contributed by atoms with van der Waals surface area (Å²) in [6.07, 6.45) is -0.747. The van der Waals surface area contributed by atoms with Crippen molar-refractivity contribution in [2.45, 2.75) is 37.0 Å². The Balaban J connectivity index is 1.64. The molecule has 142 valence electrons. The molecule has 0 radical (unpaired) electrons. The third kappa shape index (κ3) is 3.59. The van der Waals surface area contributed by atoms with E-state index < -0.39 is 36.6 Å². The second kappa shape index (κ2) is 7.72. The second-order valence-corrected chi connectivity index (χ2v) is 7.09. The Bertz CT molecular complexity index is 788. The van der Waals surface area contributed by atoms with E-state index in [1.807, 2.05) is 0 Å². The molecular formula is C14H20N6O5S. The van der Waals surface area contributed by atoms with E-state index in [4.69, 9.17) is 21.3 Å². The number of nitrogen functional groups attached to an aromatic ring is 1. The Morgan fingerprint density at radius 1 is 1.35 bits per heavy atom. The molecular weight excluding hydrogens is 364 g/mol. The summed E-state index contributed by atoms with van der Waals surface area (Å²) in [7, 11) is 0. The molecule has 26 heavy (non-hydrogen) atoms. The van der Waals surface area contributed by atoms with Crippen LogP contribution < -0.4 is 11.5 Å². The van der Waals surface area contributed by atoms with Crippen LogP contribution in [0.1, 0.15) is 12.6 Å². The number of carboxylic acids is 1. The van der Waals surface area contributed by atoms with E-state index in [2.05, 4.69) is 15.0 Å². The number of carbonyl (C=O) groups is 1. The van der Waals surface area contributed by atoms with Crippen LogP contribution in [-0.2, 0) is 9.53 Å². The lowest BCUT2D eigenvalue weighted by atomic mass is 10.1. The standard InChI is InChI=1S/C14H20N6O5S/c15-6(14(23)24)1-2-26-3-7-9(21)10(22)13(25-7)20-5-19-8-11(16)17-4-18-12(8)20/h4-7,9-10,13,21-22H,1-3,15H2,(H,23,24)(H2,16,17,18)/t6-,7?,9?,10-,13?/m0/s1. The number of hydrogen-bond donors (Lipinski definition) is 5. The Kier molecular flexibility index (Phi) is 5.58. The molecule has 0 bridgehead atoms. The van der Waals surface area contributed by atoms with Gasteiger partial charge >= 0.3 is 5.97 Å². The molecule has 0 aromatic carbocycles. The van der Waals surface area contributed by atoms with Crippen LogP contribution in [-0.4, -0.2) is 76.7 Å². The topological polar surface area (TPSA) is 183 Å². The molecule has 0 spiro atoms. The highest BCUT2D eigenvalue weighted by atomic mass is 32.2. The van der Waals surface area contributed by atoms with Crippen LogP contribution in [0.15, 0.2) is 12.7 Å². The van der Waals surface area contributed by atoms with Gasteiger partial charge in [-0.25, -0.2) is 15.0 Å². The number of carboxylic acid groups (broad SMARTS) is 1. The van der Waals surface area contributed by atoms with Crippen molar-refractivity contribution < 1.29 is 24.9 Å². The summed E-state index contributed by atoms with van der Waals surface area (Å²) in [5.41, 5.74) is 12.0. The number of thioether (sulfide) groups is 1. The van der Waals surface area contributed by atoms with Gasteiger partial charge in [0.05, 0.1) is 12.4 Å². The predicted molar refractivity (Wildman–Crippen MR) is 93.2 cm³/mol. The molecule has 12 heteroatoms. The van der Waals surface area contributed by atoms with Gasteiger partial charge in [0, 0.05) is 5.75 Å². The van der Waals surface area contributed by atoms with E-state index in [-0.39, 0.29) is 5.82 Å². The van der Waals surface area contributed by atoms with E-state index in [0.717, 1.165) is 0 Å². The number of fused-ring (bicyclic) bond motifs is 1. The maximum Gasteiger partial charge on any atom is 0.320 e. The van der Waals surface area contributed by atoms with Crippen molar-refractivity contribution in [3.8, 4) is 0 Å². The molecule has 0 aliphatic carbocycles. The highest BCUT2D eigenvalue weighted by molar-refractivity contribution is 7.99. The lowest BCUT2D eigenvalue weighted by Gasteiger charge is -2.16. The van der Waals surface area contributed by atoms with Gasteiger partial charge in [-0.2, -0.15) is 11.8 Å². The van der Waals surface area contributed by atoms with Gasteiger partial charge in [0.1, 0.15) is 30.1 Å². The molecule has 1 fully saturated rings. The Hall–Kier alpha value is -1.99. The van der Waals surface area contributed by atoms with Crippen molar-refractivity contribution in [1.29, 1.82) is 0 Å². The molecule has 1 saturated heterocycles. The van der Waals surface area contributed by atoms with Crippen LogP contribution in [0.25, 0.3) is 11.2 Å². The molecule has 1 aliphatic heterocycles. The normalized spacial score (nSPS) is 27.0. The van der Waals surface area contributed by atoms with Gasteiger partial charge in [-0.1, -0.05) is 0 Å². The highest BCUT2D eigenvalue weighted by Gasteiger charge is 2.44. The van der Waals surface area contributed by atoms with Gasteiger partial charge in [-0.3, -0.25) is 9.36 Å². The van der Waals surface area contributed by atoms with Crippen LogP contribution in [0.4, 0.5) is 5.82 Å². The van der Waals surface area contributed by atoms with Crippen LogP contribution in [0.2, 0.25) is 0 Å². The average Bonchev–Trinajstić information content (AvgIpc) is 3.15. The first-order valence-corrected chi connectivity index (χ1v) is 9.06. The smallest absolute Gasteiger partial charge is 0.320 e. The quantitative estimate of drug-likeness (QED) is 0.352. The monoisotopic (exact) mass is 384 g/mol. The molecule has 0 saturated carbocycles. The summed E-state index contributed by atoms with van der Waals surface area (Å²) in [4.78, 5) is 22.8. The van der Waals surface area contributed by atoms with E-state index in [9.17, 15) is 15.0 Å². The third-order valence-corrected chi connectivity index (χ3v) is 5.26. The molecule has 5 atom stereocenters. The van der Waals surface area contributed by atoms with Gasteiger partial charge in [0.2, 0.25) is 0 Å². The number of aliphatic hydroxyl groups is 2. The van der Waals surface area contributed by atoms with Crippen molar-refractivity contribution >= 4 is 34.7 Å². The van der Waals surface area contributed by atoms with Crippen molar-refractivity contribution in [3.63, 3.8) is 0 Å². The number of nitrogens with zero attached hydrogens (tertiary/aromatic N) is 4. The van der Waals surface area contributed by atoms with Crippen LogP contribution >= 0.6 is 11.8 Å². The number of imidazole rings is 1. The highest BCUT2D eigenvalue weighted by Crippen LogP contribution is 2.33. The average molecular weight is 384 g/mol. The van der Waals surface area contributed by atoms with Gasteiger partial charge < -0.3 is 31.5 Å². The number of ether oxygens (including phenoxy) is 1. The van der Waals surface area contributed by atoms with Crippen LogP contribution in [0, 0.1) is 0 Å². The van der Waals surface area contributed by atoms with Crippen molar-refractivity contribution in [3.05, 3.63) is 12.7 Å². The number of rotatable bonds is 7. The van der Waals surface area contributed by atoms with Gasteiger partial charge in [-0.15, -0.1) is 0 Å². The number of nitrogens with two attached hydrogens (primary N) is 2. The van der Waals surface area contributed by atoms with Gasteiger partial charge in [0.25, 0.3) is 0 Å². The summed E-state index contributed by atoms with van der Waals surface area (Å²) in [6, 6.07) is -0.919. The fourth-order valence-electron chi connectivity index (χ4n) is 2.69. The minimum atomic E-state index is -1.17. The minimum Gasteiger partial charge on any atom is -0.480 e. The molecule has 3 heterocycles. The summed E-state index contributed by atoms with van der Waals surface area (Å²) in [6.45, 7) is 0. The first-order chi connectivity index (χ1) is 12.4. The molecule has 1 aliphatic rings. The number of aromatic nitrogens is 4. The van der Waals surface area contributed by atoms with E-state index in [0.29, 0.717) is 29.1 Å². The maximum absolute atomic E-state index is 10.7. The van der Waals surface area contributed by atoms with Gasteiger partial charge in [-0.05, 0) is 12.2 Å².